The Bertz CT molecular complexity index is 398. The number of carbonyl (C=O) groups is 1. The van der Waals surface area contributed by atoms with E-state index in [1.807, 2.05) is 51.1 Å². The summed E-state index contributed by atoms with van der Waals surface area (Å²) in [5, 5.41) is 12.3. The Morgan fingerprint density at radius 2 is 1.89 bits per heavy atom. The maximum Gasteiger partial charge on any atom is 0.323 e. The topological polar surface area (TPSA) is 58.6 Å². The normalized spacial score (nSPS) is 14.9. The first-order valence-corrected chi connectivity index (χ1v) is 6.45. The standard InChI is InChI=1S/C15H23NO3/c1-11(13(14(17)18)16-15(2,3)4)19-10-12-8-6-5-7-9-12/h5-9,11,13,16H,10H2,1-4H3,(H,17,18)/t11-,13+/m1/s1. The first-order valence-electron chi connectivity index (χ1n) is 6.45. The average molecular weight is 265 g/mol. The lowest BCUT2D eigenvalue weighted by atomic mass is 10.0. The largest absolute Gasteiger partial charge is 0.480 e. The summed E-state index contributed by atoms with van der Waals surface area (Å²) in [4.78, 5) is 11.3. The molecule has 0 heterocycles. The van der Waals surface area contributed by atoms with Crippen LogP contribution in [-0.4, -0.2) is 28.8 Å². The molecule has 2 N–H and O–H groups in total. The van der Waals surface area contributed by atoms with Crippen LogP contribution < -0.4 is 5.32 Å². The Labute approximate surface area is 114 Å². The number of ether oxygens (including phenoxy) is 1. The van der Waals surface area contributed by atoms with Crippen LogP contribution in [0.15, 0.2) is 30.3 Å². The van der Waals surface area contributed by atoms with E-state index in [1.165, 1.54) is 0 Å². The minimum atomic E-state index is -0.893. The van der Waals surface area contributed by atoms with E-state index in [-0.39, 0.29) is 5.54 Å². The molecule has 4 heteroatoms. The summed E-state index contributed by atoms with van der Waals surface area (Å²) in [5.41, 5.74) is 0.766. The predicted molar refractivity (Wildman–Crippen MR) is 75.0 cm³/mol. The molecule has 0 saturated heterocycles. The molecule has 19 heavy (non-hydrogen) atoms. The van der Waals surface area contributed by atoms with E-state index in [0.29, 0.717) is 6.61 Å². The van der Waals surface area contributed by atoms with Gasteiger partial charge in [-0.1, -0.05) is 30.3 Å². The van der Waals surface area contributed by atoms with Gasteiger partial charge in [-0.15, -0.1) is 0 Å². The zero-order chi connectivity index (χ0) is 14.5. The molecule has 0 spiro atoms. The van der Waals surface area contributed by atoms with Gasteiger partial charge in [0, 0.05) is 5.54 Å². The maximum atomic E-state index is 11.3. The van der Waals surface area contributed by atoms with Gasteiger partial charge in [0.2, 0.25) is 0 Å². The van der Waals surface area contributed by atoms with E-state index < -0.39 is 18.1 Å². The van der Waals surface area contributed by atoms with Crippen molar-refractivity contribution in [3.05, 3.63) is 35.9 Å². The van der Waals surface area contributed by atoms with Crippen molar-refractivity contribution in [3.8, 4) is 0 Å². The summed E-state index contributed by atoms with van der Waals surface area (Å²) in [6, 6.07) is 9.01. The Balaban J connectivity index is 2.58. The molecule has 1 aromatic carbocycles. The van der Waals surface area contributed by atoms with Gasteiger partial charge in [0.1, 0.15) is 6.04 Å². The molecule has 1 rings (SSSR count). The van der Waals surface area contributed by atoms with Crippen LogP contribution in [0.25, 0.3) is 0 Å². The smallest absolute Gasteiger partial charge is 0.323 e. The molecule has 2 atom stereocenters. The molecular formula is C15H23NO3. The minimum Gasteiger partial charge on any atom is -0.480 e. The van der Waals surface area contributed by atoms with Gasteiger partial charge in [0.05, 0.1) is 12.7 Å². The summed E-state index contributed by atoms with van der Waals surface area (Å²) in [7, 11) is 0. The molecule has 1 aromatic rings. The van der Waals surface area contributed by atoms with Crippen LogP contribution in [0.1, 0.15) is 33.3 Å². The minimum absolute atomic E-state index is 0.270. The highest BCUT2D eigenvalue weighted by atomic mass is 16.5. The van der Waals surface area contributed by atoms with Crippen molar-refractivity contribution in [1.82, 2.24) is 5.32 Å². The van der Waals surface area contributed by atoms with Gasteiger partial charge >= 0.3 is 5.97 Å². The number of rotatable bonds is 6. The van der Waals surface area contributed by atoms with Gasteiger partial charge < -0.3 is 9.84 Å². The van der Waals surface area contributed by atoms with Crippen molar-refractivity contribution in [2.24, 2.45) is 0 Å². The number of aliphatic carboxylic acids is 1. The number of nitrogens with one attached hydrogen (secondary N) is 1. The fourth-order valence-electron chi connectivity index (χ4n) is 1.74. The van der Waals surface area contributed by atoms with Crippen LogP contribution in [0.2, 0.25) is 0 Å². The van der Waals surface area contributed by atoms with Gasteiger partial charge in [0.25, 0.3) is 0 Å². The Kier molecular flexibility index (Phi) is 5.51. The summed E-state index contributed by atoms with van der Waals surface area (Å²) >= 11 is 0. The van der Waals surface area contributed by atoms with E-state index >= 15 is 0 Å². The average Bonchev–Trinajstić information content (AvgIpc) is 2.33. The summed E-state index contributed by atoms with van der Waals surface area (Å²) in [5.74, 6) is -0.893. The second kappa shape index (κ2) is 6.68. The van der Waals surface area contributed by atoms with Crippen molar-refractivity contribution in [2.75, 3.05) is 0 Å². The molecule has 106 valence electrons. The van der Waals surface area contributed by atoms with Crippen LogP contribution in [0.3, 0.4) is 0 Å². The molecule has 0 bridgehead atoms. The molecule has 0 fully saturated rings. The van der Waals surface area contributed by atoms with Crippen LogP contribution in [0, 0.1) is 0 Å². The second-order valence-electron chi connectivity index (χ2n) is 5.71. The van der Waals surface area contributed by atoms with Crippen molar-refractivity contribution >= 4 is 5.97 Å². The van der Waals surface area contributed by atoms with E-state index in [0.717, 1.165) is 5.56 Å². The summed E-state index contributed by atoms with van der Waals surface area (Å²) in [6.45, 7) is 8.00. The molecule has 0 unspecified atom stereocenters. The quantitative estimate of drug-likeness (QED) is 0.829. The Morgan fingerprint density at radius 1 is 1.32 bits per heavy atom. The first-order chi connectivity index (χ1) is 8.79. The lowest BCUT2D eigenvalue weighted by molar-refractivity contribution is -0.144. The lowest BCUT2D eigenvalue weighted by Crippen LogP contribution is -2.53. The number of hydrogen-bond acceptors (Lipinski definition) is 3. The van der Waals surface area contributed by atoms with E-state index in [4.69, 9.17) is 4.74 Å². The Morgan fingerprint density at radius 3 is 2.37 bits per heavy atom. The molecule has 4 nitrogen and oxygen atoms in total. The van der Waals surface area contributed by atoms with Crippen LogP contribution in [0.4, 0.5) is 0 Å². The van der Waals surface area contributed by atoms with Crippen LogP contribution in [0.5, 0.6) is 0 Å². The molecule has 0 aromatic heterocycles. The number of carboxylic acid groups (broad SMARTS) is 1. The molecular weight excluding hydrogens is 242 g/mol. The van der Waals surface area contributed by atoms with E-state index in [1.54, 1.807) is 6.92 Å². The zero-order valence-corrected chi connectivity index (χ0v) is 12.0. The molecule has 0 radical (unpaired) electrons. The summed E-state index contributed by atoms with van der Waals surface area (Å²) < 4.78 is 5.65. The van der Waals surface area contributed by atoms with Gasteiger partial charge in [-0.2, -0.15) is 0 Å². The van der Waals surface area contributed by atoms with Crippen molar-refractivity contribution in [2.45, 2.75) is 52.0 Å². The molecule has 0 aliphatic rings. The highest BCUT2D eigenvalue weighted by Gasteiger charge is 2.29. The fourth-order valence-corrected chi connectivity index (χ4v) is 1.74. The van der Waals surface area contributed by atoms with Crippen LogP contribution >= 0.6 is 0 Å². The van der Waals surface area contributed by atoms with Crippen LogP contribution in [-0.2, 0) is 16.1 Å². The van der Waals surface area contributed by atoms with Crippen molar-refractivity contribution in [3.63, 3.8) is 0 Å². The third kappa shape index (κ3) is 5.85. The van der Waals surface area contributed by atoms with E-state index in [2.05, 4.69) is 5.32 Å². The first kappa shape index (κ1) is 15.7. The fraction of sp³-hybridized carbons (Fsp3) is 0.533. The Hall–Kier alpha value is -1.39. The number of carboxylic acids is 1. The second-order valence-corrected chi connectivity index (χ2v) is 5.71. The zero-order valence-electron chi connectivity index (χ0n) is 12.0. The highest BCUT2D eigenvalue weighted by molar-refractivity contribution is 5.74. The predicted octanol–water partition coefficient (Wildman–Crippen LogP) is 2.43. The maximum absolute atomic E-state index is 11.3. The molecule has 0 saturated carbocycles. The number of hydrogen-bond donors (Lipinski definition) is 2. The monoisotopic (exact) mass is 265 g/mol. The van der Waals surface area contributed by atoms with Gasteiger partial charge in [-0.05, 0) is 33.3 Å². The molecule has 0 aliphatic carbocycles. The summed E-state index contributed by atoms with van der Waals surface area (Å²) in [6.07, 6.45) is -0.406. The third-order valence-electron chi connectivity index (χ3n) is 2.68. The van der Waals surface area contributed by atoms with E-state index in [9.17, 15) is 9.90 Å². The van der Waals surface area contributed by atoms with Gasteiger partial charge in [-0.3, -0.25) is 10.1 Å². The van der Waals surface area contributed by atoms with Gasteiger partial charge in [-0.25, -0.2) is 0 Å². The highest BCUT2D eigenvalue weighted by Crippen LogP contribution is 2.10. The van der Waals surface area contributed by atoms with Crippen molar-refractivity contribution < 1.29 is 14.6 Å². The lowest BCUT2D eigenvalue weighted by Gasteiger charge is -2.29. The van der Waals surface area contributed by atoms with Gasteiger partial charge in [0.15, 0.2) is 0 Å². The molecule has 0 amide bonds. The molecule has 0 aliphatic heterocycles. The van der Waals surface area contributed by atoms with Crippen molar-refractivity contribution in [1.29, 1.82) is 0 Å². The SMILES string of the molecule is C[C@@H](OCc1ccccc1)[C@H](NC(C)(C)C)C(=O)O. The third-order valence-corrected chi connectivity index (χ3v) is 2.68. The number of benzene rings is 1.